The van der Waals surface area contributed by atoms with Gasteiger partial charge in [0.15, 0.2) is 0 Å². The maximum absolute atomic E-state index is 12.9. The number of rotatable bonds is 4. The first-order valence-corrected chi connectivity index (χ1v) is 7.26. The molecule has 5 heteroatoms. The van der Waals surface area contributed by atoms with E-state index in [9.17, 15) is 4.39 Å². The molecule has 0 fully saturated rings. The molecule has 0 spiro atoms. The lowest BCUT2D eigenvalue weighted by Crippen LogP contribution is -1.99. The predicted octanol–water partition coefficient (Wildman–Crippen LogP) is 4.68. The lowest BCUT2D eigenvalue weighted by atomic mass is 10.3. The van der Waals surface area contributed by atoms with Crippen LogP contribution in [-0.4, -0.2) is 9.97 Å². The average Bonchev–Trinajstić information content (AvgIpc) is 2.38. The van der Waals surface area contributed by atoms with Crippen LogP contribution >= 0.6 is 23.4 Å². The standard InChI is InChI=1S/C14H14ClFN2S/c1-3-4-12-17-13(15)9(2)14(18-12)19-11-7-5-10(16)6-8-11/h5-8H,3-4H2,1-2H3. The summed E-state index contributed by atoms with van der Waals surface area (Å²) in [6.45, 7) is 3.97. The summed E-state index contributed by atoms with van der Waals surface area (Å²) in [5.74, 6) is 0.510. The van der Waals surface area contributed by atoms with E-state index in [2.05, 4.69) is 16.9 Å². The third-order valence-electron chi connectivity index (χ3n) is 2.59. The fraction of sp³-hybridized carbons (Fsp3) is 0.286. The van der Waals surface area contributed by atoms with Gasteiger partial charge in [-0.1, -0.05) is 30.3 Å². The Kier molecular flexibility index (Phi) is 4.77. The molecule has 0 aliphatic carbocycles. The number of hydrogen-bond donors (Lipinski definition) is 0. The van der Waals surface area contributed by atoms with Crippen LogP contribution in [0, 0.1) is 12.7 Å². The smallest absolute Gasteiger partial charge is 0.136 e. The zero-order chi connectivity index (χ0) is 13.8. The molecule has 0 saturated heterocycles. The van der Waals surface area contributed by atoms with Gasteiger partial charge in [0.05, 0.1) is 0 Å². The van der Waals surface area contributed by atoms with Gasteiger partial charge in [-0.25, -0.2) is 14.4 Å². The summed E-state index contributed by atoms with van der Waals surface area (Å²) in [5, 5.41) is 1.32. The fourth-order valence-corrected chi connectivity index (χ4v) is 2.70. The maximum Gasteiger partial charge on any atom is 0.136 e. The molecule has 2 rings (SSSR count). The summed E-state index contributed by atoms with van der Waals surface area (Å²) < 4.78 is 12.9. The second-order valence-electron chi connectivity index (χ2n) is 4.17. The molecular weight excluding hydrogens is 283 g/mol. The van der Waals surface area contributed by atoms with E-state index >= 15 is 0 Å². The van der Waals surface area contributed by atoms with Crippen LogP contribution in [0.2, 0.25) is 5.15 Å². The van der Waals surface area contributed by atoms with Crippen molar-refractivity contribution in [1.82, 2.24) is 9.97 Å². The van der Waals surface area contributed by atoms with Crippen molar-refractivity contribution in [2.24, 2.45) is 0 Å². The maximum atomic E-state index is 12.9. The predicted molar refractivity (Wildman–Crippen MR) is 76.3 cm³/mol. The van der Waals surface area contributed by atoms with Crippen molar-refractivity contribution in [1.29, 1.82) is 0 Å². The molecule has 100 valence electrons. The van der Waals surface area contributed by atoms with Crippen LogP contribution in [0.15, 0.2) is 34.2 Å². The van der Waals surface area contributed by atoms with Gasteiger partial charge in [0.25, 0.3) is 0 Å². The zero-order valence-electron chi connectivity index (χ0n) is 10.8. The molecule has 1 aromatic heterocycles. The third kappa shape index (κ3) is 3.67. The Labute approximate surface area is 121 Å². The number of hydrogen-bond acceptors (Lipinski definition) is 3. The molecule has 19 heavy (non-hydrogen) atoms. The Morgan fingerprint density at radius 2 is 1.89 bits per heavy atom. The lowest BCUT2D eigenvalue weighted by Gasteiger charge is -2.08. The van der Waals surface area contributed by atoms with Crippen LogP contribution in [0.25, 0.3) is 0 Å². The molecular formula is C14H14ClFN2S. The lowest BCUT2D eigenvalue weighted by molar-refractivity contribution is 0.626. The highest BCUT2D eigenvalue weighted by Crippen LogP contribution is 2.31. The number of nitrogens with zero attached hydrogens (tertiary/aromatic N) is 2. The van der Waals surface area contributed by atoms with Crippen LogP contribution < -0.4 is 0 Å². The Bertz CT molecular complexity index is 572. The van der Waals surface area contributed by atoms with Gasteiger partial charge in [0.1, 0.15) is 21.8 Å². The van der Waals surface area contributed by atoms with Crippen molar-refractivity contribution in [3.8, 4) is 0 Å². The van der Waals surface area contributed by atoms with Crippen LogP contribution in [0.4, 0.5) is 4.39 Å². The minimum Gasteiger partial charge on any atom is -0.226 e. The molecule has 0 radical (unpaired) electrons. The first-order valence-electron chi connectivity index (χ1n) is 6.06. The average molecular weight is 297 g/mol. The molecule has 0 amide bonds. The first kappa shape index (κ1) is 14.3. The van der Waals surface area contributed by atoms with Crippen LogP contribution in [0.1, 0.15) is 24.7 Å². The molecule has 0 N–H and O–H groups in total. The van der Waals surface area contributed by atoms with Crippen LogP contribution in [0.3, 0.4) is 0 Å². The summed E-state index contributed by atoms with van der Waals surface area (Å²) in [4.78, 5) is 9.71. The van der Waals surface area contributed by atoms with Crippen molar-refractivity contribution in [2.45, 2.75) is 36.6 Å². The van der Waals surface area contributed by atoms with E-state index in [1.165, 1.54) is 23.9 Å². The van der Waals surface area contributed by atoms with Crippen molar-refractivity contribution in [3.05, 3.63) is 46.6 Å². The second kappa shape index (κ2) is 6.35. The zero-order valence-corrected chi connectivity index (χ0v) is 12.4. The first-order chi connectivity index (χ1) is 9.10. The number of halogens is 2. The van der Waals surface area contributed by atoms with E-state index in [0.29, 0.717) is 5.15 Å². The minimum atomic E-state index is -0.242. The van der Waals surface area contributed by atoms with Crippen molar-refractivity contribution in [2.75, 3.05) is 0 Å². The number of benzene rings is 1. The van der Waals surface area contributed by atoms with Crippen LogP contribution in [0.5, 0.6) is 0 Å². The molecule has 0 aliphatic rings. The van der Waals surface area contributed by atoms with E-state index in [1.54, 1.807) is 12.1 Å². The van der Waals surface area contributed by atoms with Gasteiger partial charge < -0.3 is 0 Å². The van der Waals surface area contributed by atoms with Crippen molar-refractivity contribution in [3.63, 3.8) is 0 Å². The summed E-state index contributed by atoms with van der Waals surface area (Å²) in [5.41, 5.74) is 0.857. The van der Waals surface area contributed by atoms with Crippen molar-refractivity contribution >= 4 is 23.4 Å². The Hall–Kier alpha value is -1.13. The van der Waals surface area contributed by atoms with Crippen molar-refractivity contribution < 1.29 is 4.39 Å². The molecule has 0 bridgehead atoms. The molecule has 0 atom stereocenters. The molecule has 0 saturated carbocycles. The monoisotopic (exact) mass is 296 g/mol. The Balaban J connectivity index is 2.30. The van der Waals surface area contributed by atoms with E-state index in [0.717, 1.165) is 34.2 Å². The molecule has 1 heterocycles. The quantitative estimate of drug-likeness (QED) is 0.766. The highest BCUT2D eigenvalue weighted by Gasteiger charge is 2.10. The van der Waals surface area contributed by atoms with Gasteiger partial charge in [-0.05, 0) is 37.6 Å². The Morgan fingerprint density at radius 3 is 2.53 bits per heavy atom. The van der Waals surface area contributed by atoms with Gasteiger partial charge in [0.2, 0.25) is 0 Å². The Morgan fingerprint density at radius 1 is 1.21 bits per heavy atom. The minimum absolute atomic E-state index is 0.242. The molecule has 0 aliphatic heterocycles. The molecule has 1 aromatic carbocycles. The van der Waals surface area contributed by atoms with E-state index in [4.69, 9.17) is 11.6 Å². The van der Waals surface area contributed by atoms with E-state index in [-0.39, 0.29) is 5.82 Å². The van der Waals surface area contributed by atoms with E-state index < -0.39 is 0 Å². The van der Waals surface area contributed by atoms with Gasteiger partial charge in [-0.2, -0.15) is 0 Å². The number of aryl methyl sites for hydroxylation is 1. The largest absolute Gasteiger partial charge is 0.226 e. The summed E-state index contributed by atoms with van der Waals surface area (Å²) in [7, 11) is 0. The van der Waals surface area contributed by atoms with E-state index in [1.807, 2.05) is 6.92 Å². The van der Waals surface area contributed by atoms with Crippen LogP contribution in [-0.2, 0) is 6.42 Å². The third-order valence-corrected chi connectivity index (χ3v) is 4.06. The highest BCUT2D eigenvalue weighted by atomic mass is 35.5. The molecule has 2 aromatic rings. The topological polar surface area (TPSA) is 25.8 Å². The summed E-state index contributed by atoms with van der Waals surface area (Å²) in [6.07, 6.45) is 1.77. The molecule has 2 nitrogen and oxygen atoms in total. The second-order valence-corrected chi connectivity index (χ2v) is 5.59. The van der Waals surface area contributed by atoms with Gasteiger partial charge in [0, 0.05) is 16.9 Å². The number of aromatic nitrogens is 2. The van der Waals surface area contributed by atoms with Gasteiger partial charge >= 0.3 is 0 Å². The normalized spacial score (nSPS) is 10.7. The SMILES string of the molecule is CCCc1nc(Cl)c(C)c(Sc2ccc(F)cc2)n1. The molecule has 0 unspecified atom stereocenters. The summed E-state index contributed by atoms with van der Waals surface area (Å²) in [6, 6.07) is 6.34. The van der Waals surface area contributed by atoms with Gasteiger partial charge in [-0.15, -0.1) is 0 Å². The highest BCUT2D eigenvalue weighted by molar-refractivity contribution is 7.99. The fourth-order valence-electron chi connectivity index (χ4n) is 1.56. The summed E-state index contributed by atoms with van der Waals surface area (Å²) >= 11 is 7.60. The van der Waals surface area contributed by atoms with Gasteiger partial charge in [-0.3, -0.25) is 0 Å².